The molecule has 0 aliphatic carbocycles. The molecule has 17 heavy (non-hydrogen) atoms. The van der Waals surface area contributed by atoms with Crippen molar-refractivity contribution in [2.75, 3.05) is 0 Å². The van der Waals surface area contributed by atoms with Crippen molar-refractivity contribution >= 4 is 5.97 Å². The predicted octanol–water partition coefficient (Wildman–Crippen LogP) is 0.587. The molecule has 0 saturated carbocycles. The van der Waals surface area contributed by atoms with Gasteiger partial charge in [-0.2, -0.15) is 0 Å². The predicted molar refractivity (Wildman–Crippen MR) is 62.2 cm³/mol. The molecule has 0 unspecified atom stereocenters. The van der Waals surface area contributed by atoms with E-state index in [0.717, 1.165) is 0 Å². The first-order chi connectivity index (χ1) is 8.06. The molecule has 0 bridgehead atoms. The lowest BCUT2D eigenvalue weighted by atomic mass is 10.1. The molecule has 0 heterocycles. The maximum Gasteiger partial charge on any atom is 0.338 e. The van der Waals surface area contributed by atoms with Crippen LogP contribution >= 0.6 is 0 Å². The van der Waals surface area contributed by atoms with Crippen molar-refractivity contribution in [3.8, 4) is 12.3 Å². The highest BCUT2D eigenvalue weighted by molar-refractivity contribution is 5.89. The van der Waals surface area contributed by atoms with Crippen LogP contribution in [0.3, 0.4) is 0 Å². The Labute approximate surface area is 99.8 Å². The zero-order chi connectivity index (χ0) is 12.8. The van der Waals surface area contributed by atoms with Gasteiger partial charge in [0.1, 0.15) is 18.3 Å². The summed E-state index contributed by atoms with van der Waals surface area (Å²) in [5.41, 5.74) is 0.377. The lowest BCUT2D eigenvalue weighted by Gasteiger charge is -2.20. The number of esters is 1. The molecule has 0 fully saturated rings. The van der Waals surface area contributed by atoms with Gasteiger partial charge in [0.05, 0.1) is 5.56 Å². The first-order valence-corrected chi connectivity index (χ1v) is 5.14. The largest absolute Gasteiger partial charge is 0.456 e. The van der Waals surface area contributed by atoms with E-state index >= 15 is 0 Å². The monoisotopic (exact) mass is 234 g/mol. The van der Waals surface area contributed by atoms with Crippen LogP contribution in [0.25, 0.3) is 0 Å². The Morgan fingerprint density at radius 2 is 1.94 bits per heavy atom. The van der Waals surface area contributed by atoms with Gasteiger partial charge in [-0.15, -0.1) is 6.42 Å². The van der Waals surface area contributed by atoms with E-state index in [-0.39, 0.29) is 0 Å². The molecule has 0 aliphatic heterocycles. The fourth-order valence-corrected chi connectivity index (χ4v) is 1.24. The molecular formula is C13H14O4. The fraction of sp³-hybridized carbons (Fsp3) is 0.308. The standard InChI is InChI=1S/C13H14O4/c1-3-11(14)12(15)9(2)17-13(16)10-7-5-4-6-8-10/h1,4-9,11-12,14-15H,2H3/t9-,11+,12-/m1/s1. The fourth-order valence-electron chi connectivity index (χ4n) is 1.24. The van der Waals surface area contributed by atoms with E-state index in [1.807, 2.05) is 5.92 Å². The van der Waals surface area contributed by atoms with Gasteiger partial charge in [-0.05, 0) is 19.1 Å². The highest BCUT2D eigenvalue weighted by Crippen LogP contribution is 2.08. The second-order valence-electron chi connectivity index (χ2n) is 3.58. The number of hydrogen-bond donors (Lipinski definition) is 2. The lowest BCUT2D eigenvalue weighted by Crippen LogP contribution is -2.37. The second kappa shape index (κ2) is 6.04. The third kappa shape index (κ3) is 3.59. The van der Waals surface area contributed by atoms with E-state index in [4.69, 9.17) is 11.2 Å². The summed E-state index contributed by atoms with van der Waals surface area (Å²) >= 11 is 0. The molecule has 1 aromatic carbocycles. The van der Waals surface area contributed by atoms with Gasteiger partial charge >= 0.3 is 5.97 Å². The van der Waals surface area contributed by atoms with Gasteiger partial charge in [0.15, 0.2) is 0 Å². The molecule has 0 aliphatic rings. The van der Waals surface area contributed by atoms with Crippen molar-refractivity contribution in [3.05, 3.63) is 35.9 Å². The Bertz CT molecular complexity index is 407. The van der Waals surface area contributed by atoms with Gasteiger partial charge in [0.2, 0.25) is 0 Å². The molecule has 2 N–H and O–H groups in total. The molecule has 90 valence electrons. The Hall–Kier alpha value is -1.83. The van der Waals surface area contributed by atoms with Crippen LogP contribution in [0, 0.1) is 12.3 Å². The van der Waals surface area contributed by atoms with E-state index < -0.39 is 24.3 Å². The molecule has 0 amide bonds. The molecule has 3 atom stereocenters. The van der Waals surface area contributed by atoms with Crippen LogP contribution < -0.4 is 0 Å². The van der Waals surface area contributed by atoms with Crippen molar-refractivity contribution in [1.29, 1.82) is 0 Å². The van der Waals surface area contributed by atoms with Gasteiger partial charge in [0, 0.05) is 0 Å². The molecule has 1 aromatic rings. The molecule has 0 aromatic heterocycles. The van der Waals surface area contributed by atoms with Crippen LogP contribution in [0.4, 0.5) is 0 Å². The van der Waals surface area contributed by atoms with Crippen molar-refractivity contribution in [2.45, 2.75) is 25.2 Å². The van der Waals surface area contributed by atoms with E-state index in [1.165, 1.54) is 6.92 Å². The summed E-state index contributed by atoms with van der Waals surface area (Å²) in [5, 5.41) is 18.7. The molecule has 1 rings (SSSR count). The summed E-state index contributed by atoms with van der Waals surface area (Å²) < 4.78 is 4.98. The highest BCUT2D eigenvalue weighted by atomic mass is 16.6. The van der Waals surface area contributed by atoms with Gasteiger partial charge in [-0.25, -0.2) is 4.79 Å². The number of hydrogen-bond acceptors (Lipinski definition) is 4. The Morgan fingerprint density at radius 3 is 2.47 bits per heavy atom. The van der Waals surface area contributed by atoms with Crippen LogP contribution in [0.2, 0.25) is 0 Å². The van der Waals surface area contributed by atoms with Crippen molar-refractivity contribution < 1.29 is 19.7 Å². The number of benzene rings is 1. The molecule has 0 radical (unpaired) electrons. The average molecular weight is 234 g/mol. The number of aliphatic hydroxyl groups is 2. The second-order valence-corrected chi connectivity index (χ2v) is 3.58. The zero-order valence-electron chi connectivity index (χ0n) is 9.41. The minimum absolute atomic E-state index is 0.377. The maximum atomic E-state index is 11.6. The SMILES string of the molecule is C#C[C@H](O)[C@H](O)[C@@H](C)OC(=O)c1ccccc1. The molecule has 0 saturated heterocycles. The van der Waals surface area contributed by atoms with E-state index in [2.05, 4.69) is 0 Å². The van der Waals surface area contributed by atoms with Crippen LogP contribution in [-0.2, 0) is 4.74 Å². The minimum Gasteiger partial charge on any atom is -0.456 e. The number of rotatable bonds is 4. The van der Waals surface area contributed by atoms with Crippen LogP contribution in [0.15, 0.2) is 30.3 Å². The van der Waals surface area contributed by atoms with Gasteiger partial charge in [-0.3, -0.25) is 0 Å². The topological polar surface area (TPSA) is 66.8 Å². The van der Waals surface area contributed by atoms with Gasteiger partial charge in [-0.1, -0.05) is 24.1 Å². The summed E-state index contributed by atoms with van der Waals surface area (Å²) in [5.74, 6) is 1.40. The van der Waals surface area contributed by atoms with Crippen LogP contribution in [0.1, 0.15) is 17.3 Å². The van der Waals surface area contributed by atoms with Crippen molar-refractivity contribution in [2.24, 2.45) is 0 Å². The number of terminal acetylenes is 1. The number of carbonyl (C=O) groups is 1. The smallest absolute Gasteiger partial charge is 0.338 e. The molecule has 4 heteroatoms. The normalized spacial score (nSPS) is 15.4. The number of carbonyl (C=O) groups excluding carboxylic acids is 1. The van der Waals surface area contributed by atoms with Crippen molar-refractivity contribution in [1.82, 2.24) is 0 Å². The summed E-state index contributed by atoms with van der Waals surface area (Å²) in [6, 6.07) is 8.37. The van der Waals surface area contributed by atoms with Gasteiger partial charge in [0.25, 0.3) is 0 Å². The summed E-state index contributed by atoms with van der Waals surface area (Å²) in [4.78, 5) is 11.6. The molecule has 4 nitrogen and oxygen atoms in total. The average Bonchev–Trinajstić information content (AvgIpc) is 2.37. The third-order valence-electron chi connectivity index (χ3n) is 2.28. The zero-order valence-corrected chi connectivity index (χ0v) is 9.41. The maximum absolute atomic E-state index is 11.6. The summed E-state index contributed by atoms with van der Waals surface area (Å²) in [7, 11) is 0. The van der Waals surface area contributed by atoms with Crippen LogP contribution in [-0.4, -0.2) is 34.5 Å². The van der Waals surface area contributed by atoms with Gasteiger partial charge < -0.3 is 14.9 Å². The van der Waals surface area contributed by atoms with E-state index in [9.17, 15) is 15.0 Å². The summed E-state index contributed by atoms with van der Waals surface area (Å²) in [6.07, 6.45) is 1.42. The lowest BCUT2D eigenvalue weighted by molar-refractivity contribution is -0.0462. The van der Waals surface area contributed by atoms with Crippen molar-refractivity contribution in [3.63, 3.8) is 0 Å². The first-order valence-electron chi connectivity index (χ1n) is 5.14. The Balaban J connectivity index is 2.61. The van der Waals surface area contributed by atoms with Crippen LogP contribution in [0.5, 0.6) is 0 Å². The molecular weight excluding hydrogens is 220 g/mol. The quantitative estimate of drug-likeness (QED) is 0.591. The van der Waals surface area contributed by atoms with E-state index in [1.54, 1.807) is 30.3 Å². The minimum atomic E-state index is -1.35. The Kier molecular flexibility index (Phi) is 4.70. The number of ether oxygens (including phenoxy) is 1. The third-order valence-corrected chi connectivity index (χ3v) is 2.28. The Morgan fingerprint density at radius 1 is 1.35 bits per heavy atom. The van der Waals surface area contributed by atoms with E-state index in [0.29, 0.717) is 5.56 Å². The molecule has 0 spiro atoms. The highest BCUT2D eigenvalue weighted by Gasteiger charge is 2.24. The number of aliphatic hydroxyl groups excluding tert-OH is 2. The first kappa shape index (κ1) is 13.2. The summed E-state index contributed by atoms with van der Waals surface area (Å²) in [6.45, 7) is 1.46.